The summed E-state index contributed by atoms with van der Waals surface area (Å²) < 4.78 is 54.3. The number of benzene rings is 1. The third-order valence-corrected chi connectivity index (χ3v) is 10.4. The molecule has 2 aliphatic rings. The summed E-state index contributed by atoms with van der Waals surface area (Å²) in [6.07, 6.45) is -3.57. The molecule has 1 unspecified atom stereocenters. The van der Waals surface area contributed by atoms with Crippen molar-refractivity contribution in [1.82, 2.24) is 29.2 Å². The lowest BCUT2D eigenvalue weighted by Gasteiger charge is -2.35. The lowest BCUT2D eigenvalue weighted by Crippen LogP contribution is -2.51. The van der Waals surface area contributed by atoms with Crippen molar-refractivity contribution in [3.8, 4) is 6.07 Å². The summed E-state index contributed by atoms with van der Waals surface area (Å²) in [5.74, 6) is 0.132. The van der Waals surface area contributed by atoms with Gasteiger partial charge in [0.05, 0.1) is 11.8 Å². The summed E-state index contributed by atoms with van der Waals surface area (Å²) in [5.41, 5.74) is 4.00. The first-order valence-corrected chi connectivity index (χ1v) is 16.8. The number of nitrogens with zero attached hydrogens (tertiary/aromatic N) is 7. The van der Waals surface area contributed by atoms with Gasteiger partial charge in [0.2, 0.25) is 0 Å². The summed E-state index contributed by atoms with van der Waals surface area (Å²) in [6.45, 7) is 9.63. The average molecular weight is 671 g/mol. The Morgan fingerprint density at radius 2 is 1.81 bits per heavy atom. The van der Waals surface area contributed by atoms with Crippen molar-refractivity contribution >= 4 is 44.2 Å². The van der Waals surface area contributed by atoms with Crippen LogP contribution in [0.15, 0.2) is 30.6 Å². The molecule has 0 spiro atoms. The van der Waals surface area contributed by atoms with E-state index in [1.807, 2.05) is 6.07 Å². The van der Waals surface area contributed by atoms with Gasteiger partial charge in [0, 0.05) is 80.7 Å². The number of halogens is 4. The lowest BCUT2D eigenvalue weighted by atomic mass is 10.0. The number of alkyl halides is 4. The van der Waals surface area contributed by atoms with Crippen molar-refractivity contribution in [2.45, 2.75) is 64.6 Å². The number of likely N-dealkylation sites (tertiary alicyclic amines) is 1. The molecule has 5 heterocycles. The summed E-state index contributed by atoms with van der Waals surface area (Å²) in [6, 6.07) is 10.3. The van der Waals surface area contributed by atoms with E-state index in [0.29, 0.717) is 54.5 Å². The number of piperazine rings is 1. The molecule has 6 rings (SSSR count). The first-order valence-electron chi connectivity index (χ1n) is 15.9. The molecule has 1 aromatic carbocycles. The number of nitriles is 1. The molecule has 0 bridgehead atoms. The summed E-state index contributed by atoms with van der Waals surface area (Å²) >= 11 is 1.06. The number of carbonyl (C=O) groups excluding carboxylic acids is 1. The van der Waals surface area contributed by atoms with Crippen LogP contribution in [0.5, 0.6) is 0 Å². The molecule has 4 aromatic rings. The number of nitrogens with one attached hydrogen (secondary N) is 1. The van der Waals surface area contributed by atoms with Gasteiger partial charge in [0.1, 0.15) is 28.7 Å². The number of piperidine rings is 1. The maximum Gasteiger partial charge on any atom is 0.393 e. The van der Waals surface area contributed by atoms with Gasteiger partial charge in [-0.15, -0.1) is 11.3 Å². The highest BCUT2D eigenvalue weighted by Crippen LogP contribution is 2.33. The molecule has 2 fully saturated rings. The molecular weight excluding hydrogens is 632 g/mol. The molecule has 47 heavy (non-hydrogen) atoms. The Hall–Kier alpha value is -3.80. The van der Waals surface area contributed by atoms with Crippen LogP contribution in [0.1, 0.15) is 41.5 Å². The van der Waals surface area contributed by atoms with Crippen LogP contribution in [-0.4, -0.2) is 99.3 Å². The number of hydrogen-bond donors (Lipinski definition) is 1. The van der Waals surface area contributed by atoms with E-state index in [0.717, 1.165) is 66.8 Å². The lowest BCUT2D eigenvalue weighted by molar-refractivity contribution is -0.137. The van der Waals surface area contributed by atoms with E-state index in [2.05, 4.69) is 54.8 Å². The highest BCUT2D eigenvalue weighted by molar-refractivity contribution is 7.18. The van der Waals surface area contributed by atoms with Gasteiger partial charge in [0.15, 0.2) is 6.17 Å². The average Bonchev–Trinajstić information content (AvgIpc) is 3.62. The summed E-state index contributed by atoms with van der Waals surface area (Å²) in [4.78, 5) is 27.5. The van der Waals surface area contributed by atoms with Crippen LogP contribution in [0.2, 0.25) is 0 Å². The molecule has 14 heteroatoms. The van der Waals surface area contributed by atoms with E-state index in [9.17, 15) is 27.6 Å². The normalized spacial score (nSPS) is 17.8. The van der Waals surface area contributed by atoms with Gasteiger partial charge in [-0.1, -0.05) is 6.07 Å². The van der Waals surface area contributed by atoms with Gasteiger partial charge in [-0.25, -0.2) is 14.4 Å². The van der Waals surface area contributed by atoms with Crippen LogP contribution in [-0.2, 0) is 24.3 Å². The number of amides is 1. The molecule has 3 aromatic heterocycles. The number of anilines is 1. The van der Waals surface area contributed by atoms with E-state index < -0.39 is 24.7 Å². The highest BCUT2D eigenvalue weighted by Gasteiger charge is 2.30. The maximum atomic E-state index is 13.4. The zero-order chi connectivity index (χ0) is 33.3. The number of hydrogen-bond acceptors (Lipinski definition) is 8. The van der Waals surface area contributed by atoms with Gasteiger partial charge in [-0.3, -0.25) is 14.6 Å². The topological polar surface area (TPSA) is 93.3 Å². The number of thiophene rings is 1. The first-order chi connectivity index (χ1) is 22.5. The predicted octanol–water partition coefficient (Wildman–Crippen LogP) is 5.51. The third-order valence-electron chi connectivity index (χ3n) is 9.32. The zero-order valence-corrected chi connectivity index (χ0v) is 27.3. The Morgan fingerprint density at radius 3 is 2.49 bits per heavy atom. The molecule has 2 aliphatic heterocycles. The Labute approximate surface area is 274 Å². The van der Waals surface area contributed by atoms with E-state index in [4.69, 9.17) is 0 Å². The standard InChI is InChI=1S/C33H38F4N8OS/c1-21-23(3-4-29-27(21)15-25(18-38)45(29)14-11-42-9-12-44(13-10-42)32(46)22(2)34)19-43-7-5-24(6-8-43)41-30-28-16-26(17-33(35,36)37)47-31(28)40-20-39-30/h3-4,15-16,20,22,24H,5-14,17,19H2,1-2H3,(H,39,40,41). The van der Waals surface area contributed by atoms with Crippen LogP contribution in [0.3, 0.4) is 0 Å². The largest absolute Gasteiger partial charge is 0.393 e. The SMILES string of the molecule is Cc1c(CN2CCC(Nc3ncnc4sc(CC(F)(F)F)cc34)CC2)ccc2c1cc(C#N)n2CCN1CCN(C(=O)C(C)F)CC1. The van der Waals surface area contributed by atoms with Crippen molar-refractivity contribution in [2.24, 2.45) is 0 Å². The van der Waals surface area contributed by atoms with Crippen LogP contribution in [0.25, 0.3) is 21.1 Å². The quantitative estimate of drug-likeness (QED) is 0.235. The van der Waals surface area contributed by atoms with Crippen molar-refractivity contribution < 1.29 is 22.4 Å². The van der Waals surface area contributed by atoms with Gasteiger partial charge in [0.25, 0.3) is 5.91 Å². The minimum atomic E-state index is -4.27. The van der Waals surface area contributed by atoms with Crippen LogP contribution < -0.4 is 5.32 Å². The summed E-state index contributed by atoms with van der Waals surface area (Å²) in [7, 11) is 0. The second-order valence-electron chi connectivity index (χ2n) is 12.5. The molecule has 9 nitrogen and oxygen atoms in total. The Balaban J connectivity index is 1.05. The predicted molar refractivity (Wildman–Crippen MR) is 174 cm³/mol. The highest BCUT2D eigenvalue weighted by atomic mass is 32.1. The minimum Gasteiger partial charge on any atom is -0.367 e. The van der Waals surface area contributed by atoms with Gasteiger partial charge in [-0.2, -0.15) is 18.4 Å². The molecule has 0 saturated carbocycles. The van der Waals surface area contributed by atoms with Crippen LogP contribution in [0, 0.1) is 18.3 Å². The number of aryl methyl sites for hydroxylation is 1. The fourth-order valence-electron chi connectivity index (χ4n) is 6.69. The number of aromatic nitrogens is 3. The van der Waals surface area contributed by atoms with Crippen LogP contribution in [0.4, 0.5) is 23.4 Å². The molecule has 1 N–H and O–H groups in total. The molecule has 1 atom stereocenters. The Morgan fingerprint density at radius 1 is 1.06 bits per heavy atom. The van der Waals surface area contributed by atoms with E-state index >= 15 is 0 Å². The van der Waals surface area contributed by atoms with Gasteiger partial charge >= 0.3 is 6.18 Å². The Bertz CT molecular complexity index is 1780. The zero-order valence-electron chi connectivity index (χ0n) is 26.5. The van der Waals surface area contributed by atoms with Crippen molar-refractivity contribution in [3.05, 3.63) is 52.3 Å². The molecule has 1 amide bonds. The molecule has 0 radical (unpaired) electrons. The van der Waals surface area contributed by atoms with Crippen molar-refractivity contribution in [1.29, 1.82) is 5.26 Å². The molecular formula is C33H38F4N8OS. The van der Waals surface area contributed by atoms with E-state index in [1.165, 1.54) is 18.8 Å². The number of rotatable bonds is 9. The summed E-state index contributed by atoms with van der Waals surface area (Å²) in [5, 5.41) is 15.1. The van der Waals surface area contributed by atoms with Crippen molar-refractivity contribution in [2.75, 3.05) is 51.1 Å². The van der Waals surface area contributed by atoms with E-state index in [-0.39, 0.29) is 10.9 Å². The van der Waals surface area contributed by atoms with E-state index in [1.54, 1.807) is 11.0 Å². The fraction of sp³-hybridized carbons (Fsp3) is 0.515. The van der Waals surface area contributed by atoms with Crippen molar-refractivity contribution in [3.63, 3.8) is 0 Å². The smallest absolute Gasteiger partial charge is 0.367 e. The fourth-order valence-corrected chi connectivity index (χ4v) is 7.71. The maximum absolute atomic E-state index is 13.4. The van der Waals surface area contributed by atoms with Gasteiger partial charge < -0.3 is 14.8 Å². The monoisotopic (exact) mass is 670 g/mol. The Kier molecular flexibility index (Phi) is 9.68. The second kappa shape index (κ2) is 13.7. The first kappa shape index (κ1) is 33.1. The second-order valence-corrected chi connectivity index (χ2v) is 13.6. The minimum absolute atomic E-state index is 0.154. The molecule has 0 aliphatic carbocycles. The van der Waals surface area contributed by atoms with Crippen LogP contribution >= 0.6 is 11.3 Å². The molecule has 250 valence electrons. The van der Waals surface area contributed by atoms with Gasteiger partial charge in [-0.05, 0) is 56.0 Å². The third kappa shape index (κ3) is 7.52. The molecule has 2 saturated heterocycles. The number of carbonyl (C=O) groups is 1. The number of fused-ring (bicyclic) bond motifs is 2.